The lowest BCUT2D eigenvalue weighted by Crippen LogP contribution is -2.56. The van der Waals surface area contributed by atoms with Crippen molar-refractivity contribution >= 4 is 5.97 Å². The van der Waals surface area contributed by atoms with Gasteiger partial charge in [0.25, 0.3) is 0 Å². The van der Waals surface area contributed by atoms with Crippen molar-refractivity contribution in [1.29, 1.82) is 0 Å². The Morgan fingerprint density at radius 1 is 1.54 bits per heavy atom. The molecular formula is C9H18N2O2. The van der Waals surface area contributed by atoms with Gasteiger partial charge in [0.05, 0.1) is 0 Å². The second-order valence-electron chi connectivity index (χ2n) is 3.44. The molecule has 0 bridgehead atoms. The fourth-order valence-corrected chi connectivity index (χ4v) is 2.10. The topological polar surface area (TPSA) is 52.6 Å². The predicted molar refractivity (Wildman–Crippen MR) is 50.8 cm³/mol. The Morgan fingerprint density at radius 2 is 2.15 bits per heavy atom. The molecule has 4 nitrogen and oxygen atoms in total. The van der Waals surface area contributed by atoms with Crippen LogP contribution in [0.15, 0.2) is 0 Å². The van der Waals surface area contributed by atoms with E-state index >= 15 is 0 Å². The Labute approximate surface area is 78.9 Å². The zero-order valence-corrected chi connectivity index (χ0v) is 8.34. The van der Waals surface area contributed by atoms with Crippen molar-refractivity contribution in [3.05, 3.63) is 0 Å². The first-order valence-corrected chi connectivity index (χ1v) is 4.86. The number of carboxylic acids is 1. The quantitative estimate of drug-likeness (QED) is 0.656. The molecule has 0 saturated carbocycles. The molecular weight excluding hydrogens is 168 g/mol. The maximum absolute atomic E-state index is 11.2. The van der Waals surface area contributed by atoms with Gasteiger partial charge in [0, 0.05) is 6.54 Å². The second kappa shape index (κ2) is 4.07. The summed E-state index contributed by atoms with van der Waals surface area (Å²) in [4.78, 5) is 13.2. The zero-order valence-electron chi connectivity index (χ0n) is 8.34. The minimum Gasteiger partial charge on any atom is -0.480 e. The number of likely N-dealkylation sites (N-methyl/N-ethyl adjacent to an activating group) is 1. The number of nitrogens with zero attached hydrogens (tertiary/aromatic N) is 1. The van der Waals surface area contributed by atoms with Gasteiger partial charge in [0.15, 0.2) is 0 Å². The smallest absolute Gasteiger partial charge is 0.325 e. The van der Waals surface area contributed by atoms with Crippen LogP contribution in [0.5, 0.6) is 0 Å². The van der Waals surface area contributed by atoms with E-state index in [0.717, 1.165) is 19.6 Å². The van der Waals surface area contributed by atoms with E-state index in [0.29, 0.717) is 13.0 Å². The summed E-state index contributed by atoms with van der Waals surface area (Å²) in [6.45, 7) is 6.99. The van der Waals surface area contributed by atoms with E-state index < -0.39 is 11.5 Å². The molecule has 1 rings (SSSR count). The number of nitrogens with one attached hydrogen (secondary N) is 1. The average molecular weight is 186 g/mol. The summed E-state index contributed by atoms with van der Waals surface area (Å²) in [6, 6.07) is 0. The highest BCUT2D eigenvalue weighted by atomic mass is 16.4. The van der Waals surface area contributed by atoms with Crippen LogP contribution in [-0.4, -0.2) is 47.7 Å². The Balaban J connectivity index is 2.82. The zero-order chi connectivity index (χ0) is 9.90. The molecule has 0 aliphatic carbocycles. The lowest BCUT2D eigenvalue weighted by Gasteiger charge is -2.35. The van der Waals surface area contributed by atoms with Gasteiger partial charge in [-0.3, -0.25) is 9.69 Å². The summed E-state index contributed by atoms with van der Waals surface area (Å²) < 4.78 is 0. The molecule has 76 valence electrons. The molecule has 1 aliphatic rings. The molecule has 13 heavy (non-hydrogen) atoms. The minimum absolute atomic E-state index is 0.573. The summed E-state index contributed by atoms with van der Waals surface area (Å²) in [5.74, 6) is -0.693. The summed E-state index contributed by atoms with van der Waals surface area (Å²) >= 11 is 0. The number of hydrogen-bond acceptors (Lipinski definition) is 3. The van der Waals surface area contributed by atoms with Crippen molar-refractivity contribution in [1.82, 2.24) is 10.2 Å². The van der Waals surface area contributed by atoms with Gasteiger partial charge < -0.3 is 10.4 Å². The van der Waals surface area contributed by atoms with E-state index in [9.17, 15) is 9.90 Å². The molecule has 0 amide bonds. The Morgan fingerprint density at radius 3 is 2.46 bits per heavy atom. The molecule has 1 heterocycles. The van der Waals surface area contributed by atoms with Crippen LogP contribution in [0.1, 0.15) is 20.3 Å². The fraction of sp³-hybridized carbons (Fsp3) is 0.889. The molecule has 0 aromatic heterocycles. The van der Waals surface area contributed by atoms with Crippen molar-refractivity contribution < 1.29 is 9.90 Å². The van der Waals surface area contributed by atoms with Gasteiger partial charge in [-0.05, 0) is 26.1 Å². The van der Waals surface area contributed by atoms with Crippen molar-refractivity contribution in [3.63, 3.8) is 0 Å². The van der Waals surface area contributed by atoms with E-state index in [1.165, 1.54) is 0 Å². The Kier molecular flexibility index (Phi) is 3.27. The van der Waals surface area contributed by atoms with Crippen molar-refractivity contribution in [2.45, 2.75) is 25.8 Å². The number of carboxylic acid groups (broad SMARTS) is 1. The summed E-state index contributed by atoms with van der Waals surface area (Å²) in [5.41, 5.74) is -0.649. The first-order chi connectivity index (χ1) is 6.17. The Hall–Kier alpha value is -0.610. The molecule has 1 unspecified atom stereocenters. The molecule has 4 heteroatoms. The van der Waals surface area contributed by atoms with Crippen molar-refractivity contribution in [2.75, 3.05) is 26.2 Å². The van der Waals surface area contributed by atoms with Crippen LogP contribution in [0, 0.1) is 0 Å². The largest absolute Gasteiger partial charge is 0.480 e. The number of rotatable bonds is 4. The summed E-state index contributed by atoms with van der Waals surface area (Å²) in [6.07, 6.45) is 0.712. The monoisotopic (exact) mass is 186 g/mol. The molecule has 0 radical (unpaired) electrons. The van der Waals surface area contributed by atoms with E-state index in [1.54, 1.807) is 0 Å². The van der Waals surface area contributed by atoms with Crippen LogP contribution < -0.4 is 5.32 Å². The van der Waals surface area contributed by atoms with Crippen LogP contribution >= 0.6 is 0 Å². The first kappa shape index (κ1) is 10.5. The highest BCUT2D eigenvalue weighted by molar-refractivity contribution is 5.79. The minimum atomic E-state index is -0.693. The standard InChI is InChI=1S/C9H18N2O2/c1-3-11(4-2)9(8(12)13)5-6-10-7-9/h10H,3-7H2,1-2H3,(H,12,13). The molecule has 2 N–H and O–H groups in total. The van der Waals surface area contributed by atoms with Crippen LogP contribution in [-0.2, 0) is 4.79 Å². The van der Waals surface area contributed by atoms with Crippen LogP contribution in [0.2, 0.25) is 0 Å². The van der Waals surface area contributed by atoms with Gasteiger partial charge in [-0.2, -0.15) is 0 Å². The normalized spacial score (nSPS) is 28.2. The highest BCUT2D eigenvalue weighted by Crippen LogP contribution is 2.23. The van der Waals surface area contributed by atoms with Gasteiger partial charge in [-0.15, -0.1) is 0 Å². The number of hydrogen-bond donors (Lipinski definition) is 2. The molecule has 1 fully saturated rings. The maximum Gasteiger partial charge on any atom is 0.325 e. The number of aliphatic carboxylic acids is 1. The van der Waals surface area contributed by atoms with Crippen LogP contribution in [0.3, 0.4) is 0 Å². The lowest BCUT2D eigenvalue weighted by molar-refractivity contribution is -0.150. The van der Waals surface area contributed by atoms with Gasteiger partial charge in [0.1, 0.15) is 5.54 Å². The van der Waals surface area contributed by atoms with Crippen LogP contribution in [0.25, 0.3) is 0 Å². The van der Waals surface area contributed by atoms with E-state index in [1.807, 2.05) is 18.7 Å². The third kappa shape index (κ3) is 1.69. The third-order valence-corrected chi connectivity index (χ3v) is 2.90. The first-order valence-electron chi connectivity index (χ1n) is 4.86. The van der Waals surface area contributed by atoms with E-state index in [4.69, 9.17) is 0 Å². The third-order valence-electron chi connectivity index (χ3n) is 2.90. The van der Waals surface area contributed by atoms with Crippen molar-refractivity contribution in [2.24, 2.45) is 0 Å². The molecule has 1 saturated heterocycles. The maximum atomic E-state index is 11.2. The molecule has 0 aromatic rings. The van der Waals surface area contributed by atoms with E-state index in [-0.39, 0.29) is 0 Å². The average Bonchev–Trinajstić information content (AvgIpc) is 2.56. The summed E-state index contributed by atoms with van der Waals surface area (Å²) in [7, 11) is 0. The molecule has 1 aliphatic heterocycles. The SMILES string of the molecule is CCN(CC)C1(C(=O)O)CCNC1. The molecule has 0 aromatic carbocycles. The highest BCUT2D eigenvalue weighted by Gasteiger charge is 2.45. The van der Waals surface area contributed by atoms with Gasteiger partial charge in [-0.25, -0.2) is 0 Å². The van der Waals surface area contributed by atoms with Gasteiger partial charge in [0.2, 0.25) is 0 Å². The van der Waals surface area contributed by atoms with E-state index in [2.05, 4.69) is 5.32 Å². The lowest BCUT2D eigenvalue weighted by atomic mass is 9.96. The van der Waals surface area contributed by atoms with Gasteiger partial charge in [-0.1, -0.05) is 13.8 Å². The number of carbonyl (C=O) groups is 1. The van der Waals surface area contributed by atoms with Crippen LogP contribution in [0.4, 0.5) is 0 Å². The Bertz CT molecular complexity index is 184. The summed E-state index contributed by atoms with van der Waals surface area (Å²) in [5, 5.41) is 12.3. The predicted octanol–water partition coefficient (Wildman–Crippen LogP) is 0.145. The van der Waals surface area contributed by atoms with Gasteiger partial charge >= 0.3 is 5.97 Å². The molecule has 1 atom stereocenters. The fourth-order valence-electron chi connectivity index (χ4n) is 2.10. The molecule has 0 spiro atoms. The second-order valence-corrected chi connectivity index (χ2v) is 3.44. The van der Waals surface area contributed by atoms with Crippen molar-refractivity contribution in [3.8, 4) is 0 Å².